The molecule has 168 valence electrons. The van der Waals surface area contributed by atoms with Crippen LogP contribution in [0.1, 0.15) is 0 Å². The zero-order valence-corrected chi connectivity index (χ0v) is 18.4. The Kier molecular flexibility index (Phi) is 5.06. The first-order chi connectivity index (χ1) is 15.4. The zero-order valence-electron chi connectivity index (χ0n) is 17.6. The number of sulfone groups is 1. The number of methoxy groups -OCH3 is 1. The molecule has 5 rings (SSSR count). The minimum absolute atomic E-state index is 0.0941. The fourth-order valence-electron chi connectivity index (χ4n) is 4.36. The monoisotopic (exact) mass is 456 g/mol. The van der Waals surface area contributed by atoms with Crippen LogP contribution in [0.5, 0.6) is 5.75 Å². The van der Waals surface area contributed by atoms with E-state index in [1.54, 1.807) is 29.4 Å². The Bertz CT molecular complexity index is 1270. The summed E-state index contributed by atoms with van der Waals surface area (Å²) in [6.45, 7) is 0.843. The van der Waals surface area contributed by atoms with Crippen LogP contribution < -0.4 is 10.1 Å². The molecular formula is C22H24N4O5S. The molecule has 2 fully saturated rings. The van der Waals surface area contributed by atoms with Crippen LogP contribution in [0.25, 0.3) is 11.0 Å². The number of likely N-dealkylation sites (tertiary alicyclic amines) is 1. The van der Waals surface area contributed by atoms with Crippen LogP contribution in [0, 0.1) is 0 Å². The third-order valence-electron chi connectivity index (χ3n) is 6.07. The number of fused-ring (bicyclic) bond motifs is 1. The van der Waals surface area contributed by atoms with E-state index in [1.807, 2.05) is 34.9 Å². The molecule has 1 spiro atoms. The average molecular weight is 457 g/mol. The lowest BCUT2D eigenvalue weighted by molar-refractivity contribution is -0.117. The molecule has 9 nitrogen and oxygen atoms in total. The van der Waals surface area contributed by atoms with Crippen molar-refractivity contribution in [2.75, 3.05) is 37.9 Å². The third kappa shape index (κ3) is 3.69. The number of carbonyl (C=O) groups excluding carboxylic acids is 1. The second-order valence-electron chi connectivity index (χ2n) is 8.30. The Morgan fingerprint density at radius 2 is 1.97 bits per heavy atom. The maximum Gasteiger partial charge on any atom is 0.322 e. The molecule has 0 unspecified atom stereocenters. The number of benzene rings is 2. The van der Waals surface area contributed by atoms with Crippen LogP contribution in [0.3, 0.4) is 0 Å². The summed E-state index contributed by atoms with van der Waals surface area (Å²) in [5.41, 5.74) is 1.44. The van der Waals surface area contributed by atoms with Crippen molar-refractivity contribution in [2.24, 2.45) is 0 Å². The number of para-hydroxylation sites is 4. The van der Waals surface area contributed by atoms with Crippen molar-refractivity contribution >= 4 is 32.6 Å². The second kappa shape index (κ2) is 7.79. The number of nitrogens with one attached hydrogen (secondary N) is 1. The van der Waals surface area contributed by atoms with Gasteiger partial charge in [-0.15, -0.1) is 0 Å². The van der Waals surface area contributed by atoms with Crippen molar-refractivity contribution in [1.29, 1.82) is 0 Å². The minimum Gasteiger partial charge on any atom is -0.495 e. The highest BCUT2D eigenvalue weighted by Gasteiger charge is 2.54. The van der Waals surface area contributed by atoms with E-state index in [1.165, 1.54) is 7.11 Å². The second-order valence-corrected chi connectivity index (χ2v) is 10.6. The summed E-state index contributed by atoms with van der Waals surface area (Å²) in [5.74, 6) is 0.456. The van der Waals surface area contributed by atoms with Gasteiger partial charge in [-0.3, -0.25) is 0 Å². The van der Waals surface area contributed by atoms with Gasteiger partial charge in [-0.05, 0) is 24.3 Å². The topological polar surface area (TPSA) is 103 Å². The summed E-state index contributed by atoms with van der Waals surface area (Å²) < 4.78 is 39.2. The Balaban J connectivity index is 1.22. The number of carbonyl (C=O) groups is 1. The van der Waals surface area contributed by atoms with Crippen LogP contribution in [0.4, 0.5) is 10.5 Å². The van der Waals surface area contributed by atoms with E-state index >= 15 is 0 Å². The van der Waals surface area contributed by atoms with Gasteiger partial charge in [0.15, 0.2) is 9.84 Å². The molecular weight excluding hydrogens is 432 g/mol. The van der Waals surface area contributed by atoms with Gasteiger partial charge in [0, 0.05) is 6.54 Å². The van der Waals surface area contributed by atoms with Crippen LogP contribution in [-0.2, 0) is 21.1 Å². The van der Waals surface area contributed by atoms with Gasteiger partial charge in [0.05, 0.1) is 55.6 Å². The SMILES string of the molecule is COc1ccccc1NC(=O)N1CC2(C1)CS(=O)(=O)[C@@H](Cn1cnc3ccccc31)CO2. The summed E-state index contributed by atoms with van der Waals surface area (Å²) in [6, 6.07) is 14.4. The van der Waals surface area contributed by atoms with Gasteiger partial charge in [0.25, 0.3) is 0 Å². The quantitative estimate of drug-likeness (QED) is 0.645. The van der Waals surface area contributed by atoms with Gasteiger partial charge < -0.3 is 24.3 Å². The van der Waals surface area contributed by atoms with E-state index < -0.39 is 20.7 Å². The Morgan fingerprint density at radius 1 is 1.22 bits per heavy atom. The van der Waals surface area contributed by atoms with Gasteiger partial charge in [-0.1, -0.05) is 24.3 Å². The standard InChI is InChI=1S/C22H24N4O5S/c1-30-20-9-5-3-7-18(20)24-21(27)26-12-22(13-26)14-32(28,29)16(11-31-22)10-25-15-23-17-6-2-4-8-19(17)25/h2-9,15-16H,10-14H2,1H3,(H,24,27)/t16-/m0/s1. The van der Waals surface area contributed by atoms with E-state index in [4.69, 9.17) is 9.47 Å². The number of anilines is 1. The Morgan fingerprint density at radius 3 is 2.75 bits per heavy atom. The highest BCUT2D eigenvalue weighted by atomic mass is 32.2. The molecule has 1 N–H and O–H groups in total. The number of aromatic nitrogens is 2. The molecule has 0 radical (unpaired) electrons. The molecule has 0 saturated carbocycles. The Labute approximate surface area is 185 Å². The number of imidazole rings is 1. The third-order valence-corrected chi connectivity index (χ3v) is 8.30. The van der Waals surface area contributed by atoms with Crippen molar-refractivity contribution in [2.45, 2.75) is 17.4 Å². The average Bonchev–Trinajstić information content (AvgIpc) is 3.16. The van der Waals surface area contributed by atoms with Gasteiger partial charge in [0.2, 0.25) is 0 Å². The molecule has 3 heterocycles. The van der Waals surface area contributed by atoms with Crippen molar-refractivity contribution < 1.29 is 22.7 Å². The lowest BCUT2D eigenvalue weighted by Gasteiger charge is -2.51. The molecule has 2 aromatic carbocycles. The zero-order chi connectivity index (χ0) is 22.3. The van der Waals surface area contributed by atoms with E-state index in [9.17, 15) is 13.2 Å². The fraction of sp³-hybridized carbons (Fsp3) is 0.364. The van der Waals surface area contributed by atoms with E-state index in [2.05, 4.69) is 10.3 Å². The first kappa shape index (κ1) is 20.8. The number of hydrogen-bond acceptors (Lipinski definition) is 6. The van der Waals surface area contributed by atoms with Crippen molar-refractivity contribution in [1.82, 2.24) is 14.5 Å². The number of amides is 2. The molecule has 10 heteroatoms. The lowest BCUT2D eigenvalue weighted by Crippen LogP contribution is -2.71. The highest BCUT2D eigenvalue weighted by Crippen LogP contribution is 2.34. The number of urea groups is 1. The van der Waals surface area contributed by atoms with Crippen molar-refractivity contribution in [3.8, 4) is 5.75 Å². The number of hydrogen-bond donors (Lipinski definition) is 1. The number of ether oxygens (including phenoxy) is 2. The fourth-order valence-corrected chi connectivity index (χ4v) is 6.26. The van der Waals surface area contributed by atoms with Gasteiger partial charge in [-0.2, -0.15) is 0 Å². The summed E-state index contributed by atoms with van der Waals surface area (Å²) in [4.78, 5) is 18.5. The van der Waals surface area contributed by atoms with Crippen LogP contribution >= 0.6 is 0 Å². The molecule has 1 aromatic heterocycles. The maximum atomic E-state index is 13.1. The normalized spacial score (nSPS) is 21.3. The first-order valence-electron chi connectivity index (χ1n) is 10.3. The molecule has 3 aromatic rings. The smallest absolute Gasteiger partial charge is 0.322 e. The van der Waals surface area contributed by atoms with E-state index in [0.717, 1.165) is 11.0 Å². The van der Waals surface area contributed by atoms with Gasteiger partial charge in [0.1, 0.15) is 16.6 Å². The minimum atomic E-state index is -3.41. The van der Waals surface area contributed by atoms with Crippen molar-refractivity contribution in [3.63, 3.8) is 0 Å². The molecule has 0 bridgehead atoms. The molecule has 1 atom stereocenters. The molecule has 2 aliphatic heterocycles. The number of rotatable bonds is 4. The predicted octanol–water partition coefficient (Wildman–Crippen LogP) is 2.14. The van der Waals surface area contributed by atoms with Crippen molar-refractivity contribution in [3.05, 3.63) is 54.9 Å². The molecule has 2 amide bonds. The van der Waals surface area contributed by atoms with Gasteiger partial charge >= 0.3 is 6.03 Å². The summed E-state index contributed by atoms with van der Waals surface area (Å²) in [6.07, 6.45) is 1.66. The predicted molar refractivity (Wildman–Crippen MR) is 120 cm³/mol. The molecule has 0 aliphatic carbocycles. The number of nitrogens with zero attached hydrogens (tertiary/aromatic N) is 3. The first-order valence-corrected chi connectivity index (χ1v) is 12.1. The molecule has 2 aliphatic rings. The Hall–Kier alpha value is -3.11. The van der Waals surface area contributed by atoms with E-state index in [0.29, 0.717) is 11.4 Å². The summed E-state index contributed by atoms with van der Waals surface area (Å²) >= 11 is 0. The highest BCUT2D eigenvalue weighted by molar-refractivity contribution is 7.92. The lowest BCUT2D eigenvalue weighted by atomic mass is 9.96. The van der Waals surface area contributed by atoms with Gasteiger partial charge in [-0.25, -0.2) is 18.2 Å². The van der Waals surface area contributed by atoms with Crippen LogP contribution in [-0.4, -0.2) is 72.3 Å². The van der Waals surface area contributed by atoms with E-state index in [-0.39, 0.29) is 38.0 Å². The maximum absolute atomic E-state index is 13.1. The summed E-state index contributed by atoms with van der Waals surface area (Å²) in [7, 11) is -1.87. The molecule has 32 heavy (non-hydrogen) atoms. The molecule has 2 saturated heterocycles. The summed E-state index contributed by atoms with van der Waals surface area (Å²) in [5, 5.41) is 2.16. The largest absolute Gasteiger partial charge is 0.495 e. The van der Waals surface area contributed by atoms with Crippen LogP contribution in [0.15, 0.2) is 54.9 Å². The van der Waals surface area contributed by atoms with Crippen LogP contribution in [0.2, 0.25) is 0 Å².